The van der Waals surface area contributed by atoms with Gasteiger partial charge in [0.2, 0.25) is 11.7 Å². The van der Waals surface area contributed by atoms with Crippen LogP contribution in [0.4, 0.5) is 0 Å². The first-order valence-electron chi connectivity index (χ1n) is 5.80. The van der Waals surface area contributed by atoms with E-state index in [0.717, 1.165) is 18.4 Å². The van der Waals surface area contributed by atoms with Crippen LogP contribution in [0.25, 0.3) is 11.4 Å². The largest absolute Gasteiger partial charge is 0.339 e. The normalized spacial score (nSPS) is 12.9. The number of hydrogen-bond donors (Lipinski definition) is 1. The first-order valence-corrected chi connectivity index (χ1v) is 6.74. The van der Waals surface area contributed by atoms with Crippen LogP contribution in [0.5, 0.6) is 0 Å². The minimum Gasteiger partial charge on any atom is -0.339 e. The lowest BCUT2D eigenvalue weighted by Gasteiger charge is -2.07. The fourth-order valence-electron chi connectivity index (χ4n) is 1.68. The molecule has 2 N–H and O–H groups in total. The zero-order valence-corrected chi connectivity index (χ0v) is 11.0. The molecule has 0 saturated carbocycles. The predicted octanol–water partition coefficient (Wildman–Crippen LogP) is 2.63. The molecule has 2 aromatic rings. The molecule has 2 rings (SSSR count). The van der Waals surface area contributed by atoms with Crippen molar-refractivity contribution in [2.24, 2.45) is 11.7 Å². The highest BCUT2D eigenvalue weighted by molar-refractivity contribution is 7.08. The Morgan fingerprint density at radius 3 is 2.88 bits per heavy atom. The summed E-state index contributed by atoms with van der Waals surface area (Å²) < 4.78 is 5.27. The summed E-state index contributed by atoms with van der Waals surface area (Å²) in [4.78, 5) is 4.42. The molecule has 1 unspecified atom stereocenters. The van der Waals surface area contributed by atoms with Gasteiger partial charge in [0, 0.05) is 17.4 Å². The maximum atomic E-state index is 5.67. The summed E-state index contributed by atoms with van der Waals surface area (Å²) in [5, 5.41) is 8.15. The summed E-state index contributed by atoms with van der Waals surface area (Å²) in [5.74, 6) is 1.79. The average molecular weight is 251 g/mol. The Hall–Kier alpha value is -1.20. The van der Waals surface area contributed by atoms with Gasteiger partial charge in [-0.1, -0.05) is 18.5 Å². The molecule has 4 nitrogen and oxygen atoms in total. The summed E-state index contributed by atoms with van der Waals surface area (Å²) in [7, 11) is 0. The lowest BCUT2D eigenvalue weighted by molar-refractivity contribution is 0.350. The van der Waals surface area contributed by atoms with Gasteiger partial charge in [0.25, 0.3) is 0 Å². The van der Waals surface area contributed by atoms with Gasteiger partial charge >= 0.3 is 0 Å². The fourth-order valence-corrected chi connectivity index (χ4v) is 2.50. The van der Waals surface area contributed by atoms with Gasteiger partial charge in [0.05, 0.1) is 0 Å². The monoisotopic (exact) mass is 251 g/mol. The number of nitrogens with two attached hydrogens (primary N) is 1. The molecule has 0 amide bonds. The van der Waals surface area contributed by atoms with E-state index in [1.807, 2.05) is 5.38 Å². The Kier molecular flexibility index (Phi) is 3.91. The molecule has 0 radical (unpaired) electrons. The number of rotatable bonds is 5. The molecule has 0 aromatic carbocycles. The van der Waals surface area contributed by atoms with Crippen molar-refractivity contribution in [1.82, 2.24) is 10.1 Å². The second-order valence-corrected chi connectivity index (χ2v) is 4.94. The van der Waals surface area contributed by atoms with E-state index in [2.05, 4.69) is 29.4 Å². The van der Waals surface area contributed by atoms with Crippen LogP contribution in [0.15, 0.2) is 15.3 Å². The van der Waals surface area contributed by atoms with Crippen LogP contribution >= 0.6 is 11.3 Å². The van der Waals surface area contributed by atoms with Crippen molar-refractivity contribution in [3.05, 3.63) is 22.2 Å². The smallest absolute Gasteiger partial charge is 0.227 e. The summed E-state index contributed by atoms with van der Waals surface area (Å²) in [6.45, 7) is 4.83. The number of aryl methyl sites for hydroxylation is 1. The zero-order chi connectivity index (χ0) is 12.3. The minimum atomic E-state index is 0.423. The number of nitrogens with zero attached hydrogens (tertiary/aromatic N) is 2. The van der Waals surface area contributed by atoms with E-state index in [4.69, 9.17) is 10.3 Å². The molecule has 2 aromatic heterocycles. The Morgan fingerprint density at radius 2 is 2.29 bits per heavy atom. The first kappa shape index (κ1) is 12.3. The third-order valence-corrected chi connectivity index (χ3v) is 3.80. The van der Waals surface area contributed by atoms with Crippen molar-refractivity contribution in [3.8, 4) is 11.4 Å². The molecule has 2 heterocycles. The highest BCUT2D eigenvalue weighted by Gasteiger charge is 2.14. The maximum absolute atomic E-state index is 5.67. The molecule has 0 spiro atoms. The second-order valence-electron chi connectivity index (χ2n) is 4.19. The van der Waals surface area contributed by atoms with Gasteiger partial charge in [-0.25, -0.2) is 0 Å². The number of thiophene rings is 1. The second kappa shape index (κ2) is 5.42. The lowest BCUT2D eigenvalue weighted by atomic mass is 10.0. The lowest BCUT2D eigenvalue weighted by Crippen LogP contribution is -2.15. The molecule has 0 aliphatic carbocycles. The molecule has 0 saturated heterocycles. The van der Waals surface area contributed by atoms with E-state index < -0.39 is 0 Å². The Labute approximate surface area is 105 Å². The van der Waals surface area contributed by atoms with Gasteiger partial charge < -0.3 is 10.3 Å². The van der Waals surface area contributed by atoms with Crippen molar-refractivity contribution in [3.63, 3.8) is 0 Å². The number of hydrogen-bond acceptors (Lipinski definition) is 5. The first-order chi connectivity index (χ1) is 8.24. The van der Waals surface area contributed by atoms with Gasteiger partial charge in [0.1, 0.15) is 0 Å². The van der Waals surface area contributed by atoms with E-state index in [1.165, 1.54) is 5.56 Å². The SMILES string of the molecule is CCC(CN)Cc1nc(-c2cscc2C)no1. The maximum Gasteiger partial charge on any atom is 0.227 e. The molecular formula is C12H17N3OS. The topological polar surface area (TPSA) is 64.9 Å². The van der Waals surface area contributed by atoms with Gasteiger partial charge in [0.15, 0.2) is 0 Å². The van der Waals surface area contributed by atoms with Crippen LogP contribution in [0, 0.1) is 12.8 Å². The van der Waals surface area contributed by atoms with Crippen LogP contribution in [0.1, 0.15) is 24.8 Å². The van der Waals surface area contributed by atoms with E-state index in [9.17, 15) is 0 Å². The minimum absolute atomic E-state index is 0.423. The molecule has 1 atom stereocenters. The van der Waals surface area contributed by atoms with Crippen molar-refractivity contribution in [1.29, 1.82) is 0 Å². The molecule has 5 heteroatoms. The molecule has 0 aliphatic rings. The standard InChI is InChI=1S/C12H17N3OS/c1-3-9(5-13)4-11-14-12(15-16-11)10-7-17-6-8(10)2/h6-7,9H,3-5,13H2,1-2H3. The van der Waals surface area contributed by atoms with E-state index in [0.29, 0.717) is 24.2 Å². The molecule has 92 valence electrons. The molecule has 0 fully saturated rings. The van der Waals surface area contributed by atoms with Gasteiger partial charge in [-0.3, -0.25) is 0 Å². The summed E-state index contributed by atoms with van der Waals surface area (Å²) >= 11 is 1.65. The molecule has 0 bridgehead atoms. The Morgan fingerprint density at radius 1 is 1.47 bits per heavy atom. The third kappa shape index (κ3) is 2.73. The highest BCUT2D eigenvalue weighted by atomic mass is 32.1. The van der Waals surface area contributed by atoms with Crippen molar-refractivity contribution in [2.75, 3.05) is 6.54 Å². The molecule has 17 heavy (non-hydrogen) atoms. The summed E-state index contributed by atoms with van der Waals surface area (Å²) in [6, 6.07) is 0. The van der Waals surface area contributed by atoms with Crippen LogP contribution in [-0.4, -0.2) is 16.7 Å². The Balaban J connectivity index is 2.14. The number of aromatic nitrogens is 2. The Bertz CT molecular complexity index is 474. The van der Waals surface area contributed by atoms with E-state index in [-0.39, 0.29) is 0 Å². The van der Waals surface area contributed by atoms with Crippen LogP contribution in [0.2, 0.25) is 0 Å². The quantitative estimate of drug-likeness (QED) is 0.887. The third-order valence-electron chi connectivity index (χ3n) is 2.94. The van der Waals surface area contributed by atoms with Crippen molar-refractivity contribution >= 4 is 11.3 Å². The fraction of sp³-hybridized carbons (Fsp3) is 0.500. The zero-order valence-electron chi connectivity index (χ0n) is 10.1. The average Bonchev–Trinajstić information content (AvgIpc) is 2.94. The van der Waals surface area contributed by atoms with Crippen molar-refractivity contribution < 1.29 is 4.52 Å². The van der Waals surface area contributed by atoms with E-state index in [1.54, 1.807) is 11.3 Å². The molecular weight excluding hydrogens is 234 g/mol. The predicted molar refractivity (Wildman–Crippen MR) is 68.9 cm³/mol. The van der Waals surface area contributed by atoms with Crippen molar-refractivity contribution in [2.45, 2.75) is 26.7 Å². The van der Waals surface area contributed by atoms with Crippen LogP contribution in [-0.2, 0) is 6.42 Å². The van der Waals surface area contributed by atoms with E-state index >= 15 is 0 Å². The van der Waals surface area contributed by atoms with Gasteiger partial charge in [-0.05, 0) is 30.3 Å². The van der Waals surface area contributed by atoms with Gasteiger partial charge in [-0.15, -0.1) is 0 Å². The molecule has 0 aliphatic heterocycles. The highest BCUT2D eigenvalue weighted by Crippen LogP contribution is 2.24. The summed E-state index contributed by atoms with van der Waals surface area (Å²) in [6.07, 6.45) is 1.80. The van der Waals surface area contributed by atoms with Crippen LogP contribution < -0.4 is 5.73 Å². The van der Waals surface area contributed by atoms with Crippen LogP contribution in [0.3, 0.4) is 0 Å². The summed E-state index contributed by atoms with van der Waals surface area (Å²) in [5.41, 5.74) is 7.92. The van der Waals surface area contributed by atoms with Gasteiger partial charge in [-0.2, -0.15) is 16.3 Å².